The zero-order valence-electron chi connectivity index (χ0n) is 15.9. The summed E-state index contributed by atoms with van der Waals surface area (Å²) in [6.45, 7) is 3.87. The monoisotopic (exact) mass is 440 g/mol. The van der Waals surface area contributed by atoms with Gasteiger partial charge in [0.05, 0.1) is 23.1 Å². The molecule has 2 amide bonds. The summed E-state index contributed by atoms with van der Waals surface area (Å²) in [5.74, 6) is -0.235. The minimum absolute atomic E-state index is 0.00923. The van der Waals surface area contributed by atoms with Gasteiger partial charge < -0.3 is 10.2 Å². The number of nitrogens with one attached hydrogen (secondary N) is 1. The van der Waals surface area contributed by atoms with E-state index >= 15 is 0 Å². The molecule has 0 aliphatic heterocycles. The molecule has 0 aliphatic rings. The summed E-state index contributed by atoms with van der Waals surface area (Å²) in [6.07, 6.45) is 1.57. The predicted octanol–water partition coefficient (Wildman–Crippen LogP) is 4.17. The van der Waals surface area contributed by atoms with Crippen molar-refractivity contribution in [1.29, 1.82) is 0 Å². The van der Waals surface area contributed by atoms with Crippen LogP contribution in [0, 0.1) is 6.92 Å². The van der Waals surface area contributed by atoms with Crippen LogP contribution in [0.1, 0.15) is 28.5 Å². The molecule has 1 N–H and O–H groups in total. The molecule has 144 valence electrons. The average Bonchev–Trinajstić information content (AvgIpc) is 3.03. The number of nitrogens with zero attached hydrogens (tertiary/aromatic N) is 3. The lowest BCUT2D eigenvalue weighted by molar-refractivity contribution is -0.128. The van der Waals surface area contributed by atoms with Crippen LogP contribution in [0.5, 0.6) is 0 Å². The van der Waals surface area contributed by atoms with E-state index in [0.29, 0.717) is 17.8 Å². The zero-order chi connectivity index (χ0) is 20.3. The molecule has 7 heteroatoms. The fraction of sp³-hybridized carbons (Fsp3) is 0.190. The molecular formula is C21H21BrN4O2. The normalized spacial score (nSPS) is 10.6. The molecule has 1 aromatic heterocycles. The van der Waals surface area contributed by atoms with Gasteiger partial charge in [0.25, 0.3) is 5.91 Å². The van der Waals surface area contributed by atoms with Gasteiger partial charge in [-0.3, -0.25) is 9.59 Å². The second kappa shape index (κ2) is 8.39. The van der Waals surface area contributed by atoms with E-state index in [4.69, 9.17) is 0 Å². The van der Waals surface area contributed by atoms with E-state index in [-0.39, 0.29) is 11.8 Å². The first-order valence-electron chi connectivity index (χ1n) is 8.77. The van der Waals surface area contributed by atoms with E-state index in [1.165, 1.54) is 6.92 Å². The fourth-order valence-corrected chi connectivity index (χ4v) is 3.22. The van der Waals surface area contributed by atoms with Crippen molar-refractivity contribution in [2.45, 2.75) is 20.4 Å². The summed E-state index contributed by atoms with van der Waals surface area (Å²) < 4.78 is 2.68. The molecule has 0 atom stereocenters. The maximum Gasteiger partial charge on any atom is 0.259 e. The van der Waals surface area contributed by atoms with Crippen molar-refractivity contribution >= 4 is 33.4 Å². The topological polar surface area (TPSA) is 67.2 Å². The Morgan fingerprint density at radius 3 is 2.64 bits per heavy atom. The Morgan fingerprint density at radius 1 is 1.18 bits per heavy atom. The van der Waals surface area contributed by atoms with Crippen LogP contribution in [0.15, 0.2) is 59.2 Å². The second-order valence-electron chi connectivity index (χ2n) is 6.56. The van der Waals surface area contributed by atoms with Crippen LogP contribution in [0.3, 0.4) is 0 Å². The summed E-state index contributed by atoms with van der Waals surface area (Å²) in [5.41, 5.74) is 3.75. The molecule has 0 unspecified atom stereocenters. The van der Waals surface area contributed by atoms with Gasteiger partial charge in [-0.25, -0.2) is 4.68 Å². The van der Waals surface area contributed by atoms with E-state index in [1.54, 1.807) is 22.8 Å². The van der Waals surface area contributed by atoms with Crippen molar-refractivity contribution in [1.82, 2.24) is 14.7 Å². The molecule has 3 aromatic rings. The average molecular weight is 441 g/mol. The molecule has 0 saturated carbocycles. The van der Waals surface area contributed by atoms with Gasteiger partial charge in [0.1, 0.15) is 0 Å². The first-order chi connectivity index (χ1) is 13.3. The van der Waals surface area contributed by atoms with E-state index < -0.39 is 0 Å². The summed E-state index contributed by atoms with van der Waals surface area (Å²) in [5, 5.41) is 7.27. The molecule has 0 radical (unpaired) electrons. The van der Waals surface area contributed by atoms with Crippen molar-refractivity contribution in [2.24, 2.45) is 0 Å². The Bertz CT molecular complexity index is 1030. The Balaban J connectivity index is 1.78. The van der Waals surface area contributed by atoms with Crippen LogP contribution in [0.4, 0.5) is 5.69 Å². The van der Waals surface area contributed by atoms with Gasteiger partial charge in [-0.1, -0.05) is 34.1 Å². The van der Waals surface area contributed by atoms with Gasteiger partial charge in [0, 0.05) is 30.7 Å². The Hall–Kier alpha value is -2.93. The highest BCUT2D eigenvalue weighted by Crippen LogP contribution is 2.20. The highest BCUT2D eigenvalue weighted by atomic mass is 79.9. The summed E-state index contributed by atoms with van der Waals surface area (Å²) in [6, 6.07) is 15.2. The van der Waals surface area contributed by atoms with Crippen LogP contribution in [0.2, 0.25) is 0 Å². The molecule has 28 heavy (non-hydrogen) atoms. The fourth-order valence-electron chi connectivity index (χ4n) is 2.83. The van der Waals surface area contributed by atoms with Crippen LogP contribution in [-0.4, -0.2) is 33.5 Å². The Labute approximate surface area is 172 Å². The number of hydrogen-bond donors (Lipinski definition) is 1. The van der Waals surface area contributed by atoms with Crippen molar-refractivity contribution in [3.63, 3.8) is 0 Å². The highest BCUT2D eigenvalue weighted by molar-refractivity contribution is 9.10. The van der Waals surface area contributed by atoms with Gasteiger partial charge in [0.2, 0.25) is 5.91 Å². The van der Waals surface area contributed by atoms with Crippen molar-refractivity contribution in [2.75, 3.05) is 12.4 Å². The molecule has 1 heterocycles. The minimum atomic E-state index is -0.226. The SMILES string of the molecule is CC(=O)N(C)Cc1cccc(NC(=O)c2cnn(-c3cccc(Br)c3)c2C)c1. The van der Waals surface area contributed by atoms with E-state index in [9.17, 15) is 9.59 Å². The summed E-state index contributed by atoms with van der Waals surface area (Å²) in [7, 11) is 1.74. The molecule has 0 aliphatic carbocycles. The second-order valence-corrected chi connectivity index (χ2v) is 7.48. The standard InChI is InChI=1S/C21H21BrN4O2/c1-14-20(12-23-26(14)19-9-5-7-17(22)11-19)21(28)24-18-8-4-6-16(10-18)13-25(3)15(2)27/h4-12H,13H2,1-3H3,(H,24,28). The van der Waals surface area contributed by atoms with Gasteiger partial charge in [-0.2, -0.15) is 5.10 Å². The zero-order valence-corrected chi connectivity index (χ0v) is 17.5. The first-order valence-corrected chi connectivity index (χ1v) is 9.57. The number of carbonyl (C=O) groups excluding carboxylic acids is 2. The predicted molar refractivity (Wildman–Crippen MR) is 113 cm³/mol. The number of anilines is 1. The van der Waals surface area contributed by atoms with Crippen molar-refractivity contribution in [3.8, 4) is 5.69 Å². The third-order valence-corrected chi connectivity index (χ3v) is 4.94. The van der Waals surface area contributed by atoms with Gasteiger partial charge >= 0.3 is 0 Å². The summed E-state index contributed by atoms with van der Waals surface area (Å²) >= 11 is 3.45. The van der Waals surface area contributed by atoms with Gasteiger partial charge in [-0.15, -0.1) is 0 Å². The molecule has 3 rings (SSSR count). The number of halogens is 1. The van der Waals surface area contributed by atoms with Crippen LogP contribution < -0.4 is 5.32 Å². The van der Waals surface area contributed by atoms with Crippen LogP contribution in [-0.2, 0) is 11.3 Å². The number of hydrogen-bond acceptors (Lipinski definition) is 3. The molecule has 0 saturated heterocycles. The molecule has 2 aromatic carbocycles. The number of rotatable bonds is 5. The Kier molecular flexibility index (Phi) is 5.94. The lowest BCUT2D eigenvalue weighted by Crippen LogP contribution is -2.23. The maximum atomic E-state index is 12.7. The highest BCUT2D eigenvalue weighted by Gasteiger charge is 2.16. The van der Waals surface area contributed by atoms with Gasteiger partial charge in [0.15, 0.2) is 0 Å². The smallest absolute Gasteiger partial charge is 0.259 e. The molecular weight excluding hydrogens is 420 g/mol. The lowest BCUT2D eigenvalue weighted by Gasteiger charge is -2.15. The first kappa shape index (κ1) is 19.8. The van der Waals surface area contributed by atoms with Crippen molar-refractivity contribution < 1.29 is 9.59 Å². The quantitative estimate of drug-likeness (QED) is 0.646. The molecule has 0 bridgehead atoms. The van der Waals surface area contributed by atoms with Crippen molar-refractivity contribution in [3.05, 3.63) is 76.0 Å². The summed E-state index contributed by atoms with van der Waals surface area (Å²) in [4.78, 5) is 25.8. The Morgan fingerprint density at radius 2 is 1.93 bits per heavy atom. The molecule has 0 fully saturated rings. The lowest BCUT2D eigenvalue weighted by atomic mass is 10.1. The van der Waals surface area contributed by atoms with Gasteiger partial charge in [-0.05, 0) is 42.8 Å². The third-order valence-electron chi connectivity index (χ3n) is 4.45. The van der Waals surface area contributed by atoms with Crippen LogP contribution >= 0.6 is 15.9 Å². The molecule has 6 nitrogen and oxygen atoms in total. The largest absolute Gasteiger partial charge is 0.342 e. The number of aromatic nitrogens is 2. The van der Waals surface area contributed by atoms with E-state index in [2.05, 4.69) is 26.3 Å². The number of carbonyl (C=O) groups is 2. The van der Waals surface area contributed by atoms with E-state index in [1.807, 2.05) is 55.5 Å². The minimum Gasteiger partial charge on any atom is -0.342 e. The number of amides is 2. The van der Waals surface area contributed by atoms with Crippen LogP contribution in [0.25, 0.3) is 5.69 Å². The van der Waals surface area contributed by atoms with E-state index in [0.717, 1.165) is 21.4 Å². The maximum absolute atomic E-state index is 12.7. The molecule has 0 spiro atoms. The third kappa shape index (κ3) is 4.48. The number of benzene rings is 2.